The fourth-order valence-corrected chi connectivity index (χ4v) is 2.19. The molecule has 0 fully saturated rings. The van der Waals surface area contributed by atoms with Crippen molar-refractivity contribution in [3.05, 3.63) is 59.4 Å². The molecule has 0 unspecified atom stereocenters. The SMILES string of the molecule is CCCCOc1cccc(CNC(=O)NCc2cccc(C)n2)c1. The van der Waals surface area contributed by atoms with E-state index in [1.807, 2.05) is 49.4 Å². The number of carbonyl (C=O) groups excluding carboxylic acids is 1. The van der Waals surface area contributed by atoms with Gasteiger partial charge in [0.25, 0.3) is 0 Å². The molecule has 1 aromatic heterocycles. The lowest BCUT2D eigenvalue weighted by atomic mass is 10.2. The van der Waals surface area contributed by atoms with Crippen LogP contribution in [0.5, 0.6) is 5.75 Å². The van der Waals surface area contributed by atoms with Crippen molar-refractivity contribution in [3.63, 3.8) is 0 Å². The van der Waals surface area contributed by atoms with Crippen LogP contribution in [0.2, 0.25) is 0 Å². The van der Waals surface area contributed by atoms with Crippen molar-refractivity contribution < 1.29 is 9.53 Å². The smallest absolute Gasteiger partial charge is 0.315 e. The van der Waals surface area contributed by atoms with Gasteiger partial charge in [0.05, 0.1) is 18.8 Å². The minimum atomic E-state index is -0.212. The monoisotopic (exact) mass is 327 g/mol. The second-order valence-corrected chi connectivity index (χ2v) is 5.66. The van der Waals surface area contributed by atoms with Crippen LogP contribution >= 0.6 is 0 Å². The van der Waals surface area contributed by atoms with Crippen molar-refractivity contribution in [1.29, 1.82) is 0 Å². The van der Waals surface area contributed by atoms with Crippen molar-refractivity contribution in [2.45, 2.75) is 39.8 Å². The summed E-state index contributed by atoms with van der Waals surface area (Å²) in [7, 11) is 0. The molecule has 0 radical (unpaired) electrons. The fourth-order valence-electron chi connectivity index (χ4n) is 2.19. The number of benzene rings is 1. The normalized spacial score (nSPS) is 10.2. The number of aromatic nitrogens is 1. The third-order valence-electron chi connectivity index (χ3n) is 3.49. The van der Waals surface area contributed by atoms with Crippen LogP contribution < -0.4 is 15.4 Å². The quantitative estimate of drug-likeness (QED) is 0.729. The van der Waals surface area contributed by atoms with Crippen LogP contribution in [-0.2, 0) is 13.1 Å². The predicted molar refractivity (Wildman–Crippen MR) is 94.9 cm³/mol. The van der Waals surface area contributed by atoms with Gasteiger partial charge in [-0.1, -0.05) is 31.5 Å². The first-order valence-electron chi connectivity index (χ1n) is 8.33. The van der Waals surface area contributed by atoms with E-state index in [1.165, 1.54) is 0 Å². The van der Waals surface area contributed by atoms with E-state index in [1.54, 1.807) is 0 Å². The van der Waals surface area contributed by atoms with Crippen LogP contribution in [0.15, 0.2) is 42.5 Å². The second kappa shape index (κ2) is 9.55. The fraction of sp³-hybridized carbons (Fsp3) is 0.368. The Morgan fingerprint density at radius 1 is 1.12 bits per heavy atom. The minimum Gasteiger partial charge on any atom is -0.494 e. The summed E-state index contributed by atoms with van der Waals surface area (Å²) in [5, 5.41) is 5.65. The summed E-state index contributed by atoms with van der Waals surface area (Å²) < 4.78 is 5.67. The van der Waals surface area contributed by atoms with Gasteiger partial charge in [0.2, 0.25) is 0 Å². The first-order chi connectivity index (χ1) is 11.7. The molecule has 5 nitrogen and oxygen atoms in total. The zero-order chi connectivity index (χ0) is 17.2. The molecule has 0 aliphatic heterocycles. The average molecular weight is 327 g/mol. The van der Waals surface area contributed by atoms with Crippen LogP contribution in [0.3, 0.4) is 0 Å². The number of nitrogens with zero attached hydrogens (tertiary/aromatic N) is 1. The number of amides is 2. The maximum Gasteiger partial charge on any atom is 0.315 e. The summed E-state index contributed by atoms with van der Waals surface area (Å²) in [6.07, 6.45) is 2.15. The summed E-state index contributed by atoms with van der Waals surface area (Å²) in [5.41, 5.74) is 2.79. The second-order valence-electron chi connectivity index (χ2n) is 5.66. The Bertz CT molecular complexity index is 659. The molecule has 0 saturated carbocycles. The Morgan fingerprint density at radius 3 is 2.71 bits per heavy atom. The Kier molecular flexibility index (Phi) is 7.08. The largest absolute Gasteiger partial charge is 0.494 e. The Hall–Kier alpha value is -2.56. The van der Waals surface area contributed by atoms with E-state index in [4.69, 9.17) is 4.74 Å². The third-order valence-corrected chi connectivity index (χ3v) is 3.49. The lowest BCUT2D eigenvalue weighted by Gasteiger charge is -2.10. The summed E-state index contributed by atoms with van der Waals surface area (Å²) in [5.74, 6) is 0.840. The summed E-state index contributed by atoms with van der Waals surface area (Å²) >= 11 is 0. The molecule has 128 valence electrons. The predicted octanol–water partition coefficient (Wildman–Crippen LogP) is 3.57. The van der Waals surface area contributed by atoms with Gasteiger partial charge in [0.15, 0.2) is 0 Å². The van der Waals surface area contributed by atoms with E-state index in [0.717, 1.165) is 42.1 Å². The highest BCUT2D eigenvalue weighted by Crippen LogP contribution is 2.13. The van der Waals surface area contributed by atoms with Crippen LogP contribution in [0.4, 0.5) is 4.79 Å². The van der Waals surface area contributed by atoms with Gasteiger partial charge in [-0.05, 0) is 43.2 Å². The van der Waals surface area contributed by atoms with Crippen molar-refractivity contribution in [3.8, 4) is 5.75 Å². The topological polar surface area (TPSA) is 63.2 Å². The highest BCUT2D eigenvalue weighted by atomic mass is 16.5. The lowest BCUT2D eigenvalue weighted by Crippen LogP contribution is -2.34. The molecule has 0 atom stereocenters. The van der Waals surface area contributed by atoms with Crippen LogP contribution in [-0.4, -0.2) is 17.6 Å². The van der Waals surface area contributed by atoms with Gasteiger partial charge in [0, 0.05) is 12.2 Å². The van der Waals surface area contributed by atoms with Crippen LogP contribution in [0, 0.1) is 6.92 Å². The zero-order valence-corrected chi connectivity index (χ0v) is 14.3. The molecular formula is C19H25N3O2. The number of hydrogen-bond acceptors (Lipinski definition) is 3. The maximum absolute atomic E-state index is 11.9. The number of hydrogen-bond donors (Lipinski definition) is 2. The van der Waals surface area contributed by atoms with Gasteiger partial charge in [-0.2, -0.15) is 0 Å². The van der Waals surface area contributed by atoms with Gasteiger partial charge in [-0.15, -0.1) is 0 Å². The van der Waals surface area contributed by atoms with E-state index in [-0.39, 0.29) is 6.03 Å². The van der Waals surface area contributed by atoms with E-state index >= 15 is 0 Å². The number of urea groups is 1. The minimum absolute atomic E-state index is 0.212. The summed E-state index contributed by atoms with van der Waals surface area (Å²) in [4.78, 5) is 16.2. The average Bonchev–Trinajstić information content (AvgIpc) is 2.59. The molecule has 0 aliphatic rings. The third kappa shape index (κ3) is 6.28. The molecule has 2 rings (SSSR count). The molecule has 2 N–H and O–H groups in total. The summed E-state index contributed by atoms with van der Waals surface area (Å²) in [6, 6.07) is 13.3. The molecule has 5 heteroatoms. The first-order valence-corrected chi connectivity index (χ1v) is 8.33. The number of nitrogens with one attached hydrogen (secondary N) is 2. The Balaban J connectivity index is 1.76. The van der Waals surface area contributed by atoms with E-state index in [9.17, 15) is 4.79 Å². The number of unbranched alkanes of at least 4 members (excludes halogenated alkanes) is 1. The molecule has 1 aromatic carbocycles. The van der Waals surface area contributed by atoms with Crippen molar-refractivity contribution >= 4 is 6.03 Å². The number of ether oxygens (including phenoxy) is 1. The highest BCUT2D eigenvalue weighted by molar-refractivity contribution is 5.73. The van der Waals surface area contributed by atoms with Gasteiger partial charge in [-0.3, -0.25) is 4.98 Å². The number of pyridine rings is 1. The molecule has 24 heavy (non-hydrogen) atoms. The zero-order valence-electron chi connectivity index (χ0n) is 14.3. The standard InChI is InChI=1S/C19H25N3O2/c1-3-4-11-24-18-10-6-8-16(12-18)13-20-19(23)21-14-17-9-5-7-15(2)22-17/h5-10,12H,3-4,11,13-14H2,1-2H3,(H2,20,21,23). The van der Waals surface area contributed by atoms with E-state index in [0.29, 0.717) is 13.1 Å². The van der Waals surface area contributed by atoms with Crippen LogP contribution in [0.25, 0.3) is 0 Å². The van der Waals surface area contributed by atoms with Crippen LogP contribution in [0.1, 0.15) is 36.7 Å². The Labute approximate surface area is 143 Å². The Morgan fingerprint density at radius 2 is 1.92 bits per heavy atom. The highest BCUT2D eigenvalue weighted by Gasteiger charge is 2.03. The molecule has 0 spiro atoms. The molecule has 2 amide bonds. The van der Waals surface area contributed by atoms with Crippen molar-refractivity contribution in [1.82, 2.24) is 15.6 Å². The van der Waals surface area contributed by atoms with Crippen molar-refractivity contribution in [2.24, 2.45) is 0 Å². The molecule has 0 bridgehead atoms. The molecule has 1 heterocycles. The van der Waals surface area contributed by atoms with Gasteiger partial charge in [0.1, 0.15) is 5.75 Å². The number of rotatable bonds is 8. The van der Waals surface area contributed by atoms with Crippen molar-refractivity contribution in [2.75, 3.05) is 6.61 Å². The lowest BCUT2D eigenvalue weighted by molar-refractivity contribution is 0.240. The molecule has 0 saturated heterocycles. The molecule has 2 aromatic rings. The van der Waals surface area contributed by atoms with Gasteiger partial charge in [-0.25, -0.2) is 4.79 Å². The van der Waals surface area contributed by atoms with Gasteiger partial charge >= 0.3 is 6.03 Å². The number of carbonyl (C=O) groups is 1. The van der Waals surface area contributed by atoms with Gasteiger partial charge < -0.3 is 15.4 Å². The molecule has 0 aliphatic carbocycles. The maximum atomic E-state index is 11.9. The van der Waals surface area contributed by atoms with E-state index in [2.05, 4.69) is 22.5 Å². The van der Waals surface area contributed by atoms with E-state index < -0.39 is 0 Å². The number of aryl methyl sites for hydroxylation is 1. The first kappa shape index (κ1) is 17.8. The molecular weight excluding hydrogens is 302 g/mol. The summed E-state index contributed by atoms with van der Waals surface area (Å²) in [6.45, 7) is 5.65.